The molecule has 2 aromatic heterocycles. The van der Waals surface area contributed by atoms with E-state index in [9.17, 15) is 0 Å². The molecule has 4 aromatic carbocycles. The molecule has 0 aliphatic rings. The maximum absolute atomic E-state index is 6.65. The van der Waals surface area contributed by atoms with Crippen molar-refractivity contribution in [2.75, 3.05) is 0 Å². The van der Waals surface area contributed by atoms with Gasteiger partial charge in [0.2, 0.25) is 5.95 Å². The number of aromatic nitrogens is 4. The number of benzene rings is 4. The van der Waals surface area contributed by atoms with Crippen LogP contribution in [0.1, 0.15) is 0 Å². The Kier molecular flexibility index (Phi) is 9.20. The summed E-state index contributed by atoms with van der Waals surface area (Å²) in [7, 11) is 108. The standard InChI is InChI=1S/C27B17BrN4/c28-5-1-2-10(33)22(45)19(42)21(44)24(2)49(23(1)20(43)18(41)11(5)34)27-47-25(3-6(29)12(35)16(39)13(36)7(3)30)46-26(48-27)4-8(31)14(37)17(40)15(38)9(4)32. The summed E-state index contributed by atoms with van der Waals surface area (Å²) in [6.07, 6.45) is 0. The van der Waals surface area contributed by atoms with Crippen LogP contribution in [-0.2, 0) is 0 Å². The summed E-state index contributed by atoms with van der Waals surface area (Å²) in [6, 6.07) is 0. The van der Waals surface area contributed by atoms with Crippen molar-refractivity contribution in [2.45, 2.75) is 0 Å². The highest BCUT2D eigenvalue weighted by Crippen LogP contribution is 2.28. The van der Waals surface area contributed by atoms with Gasteiger partial charge in [0.05, 0.1) is 0 Å². The number of nitrogens with zero attached hydrogens (tertiary/aromatic N) is 4. The third-order valence-corrected chi connectivity index (χ3v) is 9.38. The summed E-state index contributed by atoms with van der Waals surface area (Å²) < 4.78 is 1.69. The van der Waals surface area contributed by atoms with Gasteiger partial charge in [0, 0.05) is 32.0 Å². The second-order valence-electron chi connectivity index (χ2n) is 11.2. The summed E-state index contributed by atoms with van der Waals surface area (Å²) in [5.41, 5.74) is -0.437. The molecular weight excluding hydrogens is 644 g/mol. The molecule has 34 radical (unpaired) electrons. The third-order valence-electron chi connectivity index (χ3n) is 8.52. The zero-order valence-corrected chi connectivity index (χ0v) is 27.1. The molecule has 0 amide bonds. The van der Waals surface area contributed by atoms with Crippen LogP contribution in [0.2, 0.25) is 0 Å². The monoisotopic (exact) mass is 646 g/mol. The fourth-order valence-electron chi connectivity index (χ4n) is 5.73. The number of fused-ring (bicyclic) bond motifs is 3. The normalized spacial score (nSPS) is 11.5. The Bertz CT molecular complexity index is 2280. The molecule has 6 rings (SSSR count). The summed E-state index contributed by atoms with van der Waals surface area (Å²) in [6.45, 7) is 0. The van der Waals surface area contributed by atoms with Gasteiger partial charge in [-0.15, -0.1) is 43.7 Å². The molecule has 0 unspecified atom stereocenters. The van der Waals surface area contributed by atoms with Crippen molar-refractivity contribution in [3.05, 3.63) is 4.47 Å². The van der Waals surface area contributed by atoms with E-state index in [2.05, 4.69) is 20.9 Å². The molecule has 0 spiro atoms. The lowest BCUT2D eigenvalue weighted by Crippen LogP contribution is -2.55. The lowest BCUT2D eigenvalue weighted by atomic mass is 9.60. The first kappa shape index (κ1) is 36.1. The summed E-state index contributed by atoms with van der Waals surface area (Å²) in [5, 5.41) is 0.542. The lowest BCUT2D eigenvalue weighted by Gasteiger charge is -2.23. The maximum atomic E-state index is 6.65. The van der Waals surface area contributed by atoms with Crippen LogP contribution in [0.15, 0.2) is 4.47 Å². The number of hydrogen-bond acceptors (Lipinski definition) is 3. The average Bonchev–Trinajstić information content (AvgIpc) is 3.44. The first-order valence-electron chi connectivity index (χ1n) is 13.9. The fraction of sp³-hybridized carbons (Fsp3) is 0. The van der Waals surface area contributed by atoms with Gasteiger partial charge in [-0.1, -0.05) is 65.1 Å². The highest BCUT2D eigenvalue weighted by molar-refractivity contribution is 9.10. The summed E-state index contributed by atoms with van der Waals surface area (Å²) >= 11 is 3.40. The minimum atomic E-state index is -0.205. The minimum Gasteiger partial charge on any atom is -0.279 e. The minimum absolute atomic E-state index is 0.00580. The topological polar surface area (TPSA) is 43.6 Å². The Morgan fingerprint density at radius 2 is 0.633 bits per heavy atom. The molecule has 0 saturated heterocycles. The van der Waals surface area contributed by atoms with Crippen molar-refractivity contribution in [2.24, 2.45) is 0 Å². The van der Waals surface area contributed by atoms with Crippen molar-refractivity contribution >= 4 is 264 Å². The van der Waals surface area contributed by atoms with Crippen LogP contribution in [0.4, 0.5) is 0 Å². The maximum Gasteiger partial charge on any atom is 0.238 e. The van der Waals surface area contributed by atoms with Crippen LogP contribution in [0.25, 0.3) is 50.5 Å². The molecule has 6 aromatic rings. The van der Waals surface area contributed by atoms with Gasteiger partial charge in [0.15, 0.2) is 11.6 Å². The molecule has 0 atom stereocenters. The van der Waals surface area contributed by atoms with Gasteiger partial charge < -0.3 is 0 Å². The van der Waals surface area contributed by atoms with Gasteiger partial charge in [-0.3, -0.25) is 4.57 Å². The number of halogens is 1. The second kappa shape index (κ2) is 12.5. The molecule has 186 valence electrons. The van der Waals surface area contributed by atoms with Gasteiger partial charge in [0.1, 0.15) is 133 Å². The summed E-state index contributed by atoms with van der Waals surface area (Å²) in [4.78, 5) is 14.0. The second-order valence-corrected chi connectivity index (χ2v) is 12.0. The molecule has 0 saturated carbocycles. The molecule has 4 nitrogen and oxygen atoms in total. The molecule has 22 heteroatoms. The van der Waals surface area contributed by atoms with Crippen LogP contribution in [0.5, 0.6) is 0 Å². The van der Waals surface area contributed by atoms with E-state index < -0.39 is 0 Å². The highest BCUT2D eigenvalue weighted by atomic mass is 79.9. The predicted molar refractivity (Wildman–Crippen MR) is 224 cm³/mol. The van der Waals surface area contributed by atoms with Gasteiger partial charge >= 0.3 is 0 Å². The first-order chi connectivity index (χ1) is 22.8. The SMILES string of the molecule is [B]c1c([B])c([B])c(-c2nc(-c3c([B])c([B])c([B])c([B])c3[B])nc(-n3c4c([B])c([B])c([B])c([B])c4c4c([B])c(Br)c([B])c([B])c43)n2)c([B])c1[B]. The van der Waals surface area contributed by atoms with Crippen LogP contribution >= 0.6 is 15.9 Å². The fourth-order valence-corrected chi connectivity index (χ4v) is 6.14. The van der Waals surface area contributed by atoms with E-state index >= 15 is 0 Å². The smallest absolute Gasteiger partial charge is 0.238 e. The van der Waals surface area contributed by atoms with E-state index in [-0.39, 0.29) is 148 Å². The van der Waals surface area contributed by atoms with E-state index in [1.165, 1.54) is 4.57 Å². The third kappa shape index (κ3) is 5.07. The van der Waals surface area contributed by atoms with Crippen molar-refractivity contribution in [3.63, 3.8) is 0 Å². The van der Waals surface area contributed by atoms with E-state index in [4.69, 9.17) is 143 Å². The molecule has 0 bridgehead atoms. The Labute approximate surface area is 314 Å². The Hall–Kier alpha value is -2.73. The van der Waals surface area contributed by atoms with Gasteiger partial charge in [0.25, 0.3) is 0 Å². The van der Waals surface area contributed by atoms with E-state index in [0.717, 1.165) is 0 Å². The van der Waals surface area contributed by atoms with Crippen LogP contribution in [0, 0.1) is 0 Å². The highest BCUT2D eigenvalue weighted by Gasteiger charge is 2.27. The molecule has 0 N–H and O–H groups in total. The van der Waals surface area contributed by atoms with E-state index in [1.54, 1.807) is 0 Å². The average molecular weight is 644 g/mol. The van der Waals surface area contributed by atoms with E-state index in [0.29, 0.717) is 0 Å². The first-order valence-corrected chi connectivity index (χ1v) is 14.7. The van der Waals surface area contributed by atoms with Crippen LogP contribution in [-0.4, -0.2) is 153 Å². The van der Waals surface area contributed by atoms with Crippen LogP contribution in [0.3, 0.4) is 0 Å². The number of rotatable bonds is 3. The molecular formula is C27B17BrN4. The van der Waals surface area contributed by atoms with Gasteiger partial charge in [-0.05, 0) is 5.39 Å². The van der Waals surface area contributed by atoms with Crippen molar-refractivity contribution in [1.82, 2.24) is 19.5 Å². The van der Waals surface area contributed by atoms with E-state index in [1.807, 2.05) is 0 Å². The molecule has 0 aliphatic heterocycles. The Balaban J connectivity index is 1.92. The Morgan fingerprint density at radius 3 is 1.04 bits per heavy atom. The van der Waals surface area contributed by atoms with Crippen LogP contribution < -0.4 is 92.9 Å². The zero-order chi connectivity index (χ0) is 36.3. The van der Waals surface area contributed by atoms with Gasteiger partial charge in [-0.2, -0.15) is 9.97 Å². The van der Waals surface area contributed by atoms with Crippen molar-refractivity contribution in [3.8, 4) is 28.7 Å². The number of hydrogen-bond donors (Lipinski definition) is 0. The summed E-state index contributed by atoms with van der Waals surface area (Å²) in [5.74, 6) is -0.589. The van der Waals surface area contributed by atoms with Crippen molar-refractivity contribution < 1.29 is 0 Å². The van der Waals surface area contributed by atoms with Gasteiger partial charge in [-0.25, -0.2) is 4.98 Å². The quantitative estimate of drug-likeness (QED) is 0.180. The molecule has 0 aliphatic carbocycles. The van der Waals surface area contributed by atoms with Crippen molar-refractivity contribution in [1.29, 1.82) is 0 Å². The largest absolute Gasteiger partial charge is 0.279 e. The molecule has 2 heterocycles. The molecule has 0 fully saturated rings. The Morgan fingerprint density at radius 1 is 0.327 bits per heavy atom. The lowest BCUT2D eigenvalue weighted by molar-refractivity contribution is 0.959. The molecule has 49 heavy (non-hydrogen) atoms. The predicted octanol–water partition coefficient (Wildman–Crippen LogP) is -13.4. The zero-order valence-electron chi connectivity index (χ0n) is 25.5.